The van der Waals surface area contributed by atoms with E-state index in [4.69, 9.17) is 0 Å². The summed E-state index contributed by atoms with van der Waals surface area (Å²) < 4.78 is 39.0. The molecular weight excluding hydrogens is 285 g/mol. The molecule has 0 saturated carbocycles. The molecule has 6 heteroatoms. The minimum absolute atomic E-state index is 0.138. The molecule has 0 fully saturated rings. The third-order valence-corrected chi connectivity index (χ3v) is 4.04. The Hall–Kier alpha value is -1.40. The second-order valence-corrected chi connectivity index (χ2v) is 5.46. The van der Waals surface area contributed by atoms with Crippen molar-refractivity contribution in [2.24, 2.45) is 0 Å². The van der Waals surface area contributed by atoms with Crippen molar-refractivity contribution in [1.82, 2.24) is 10.3 Å². The molecule has 1 heterocycles. The van der Waals surface area contributed by atoms with Gasteiger partial charge in [-0.25, -0.2) is 4.98 Å². The van der Waals surface area contributed by atoms with E-state index in [1.165, 1.54) is 23.5 Å². The van der Waals surface area contributed by atoms with Gasteiger partial charge in [0.2, 0.25) is 0 Å². The zero-order valence-electron chi connectivity index (χ0n) is 11.2. The van der Waals surface area contributed by atoms with E-state index in [0.717, 1.165) is 17.6 Å². The quantitative estimate of drug-likeness (QED) is 0.917. The van der Waals surface area contributed by atoms with Gasteiger partial charge in [0, 0.05) is 23.4 Å². The number of hydrogen-bond acceptors (Lipinski definition) is 3. The maximum absolute atomic E-state index is 13.0. The van der Waals surface area contributed by atoms with Crippen LogP contribution >= 0.6 is 11.3 Å². The number of hydrogen-bond donors (Lipinski definition) is 1. The first-order valence-corrected chi connectivity index (χ1v) is 7.08. The number of alkyl halides is 3. The van der Waals surface area contributed by atoms with Crippen LogP contribution in [0.25, 0.3) is 11.3 Å². The van der Waals surface area contributed by atoms with E-state index in [9.17, 15) is 13.2 Å². The highest BCUT2D eigenvalue weighted by molar-refractivity contribution is 7.10. The number of thiazole rings is 1. The van der Waals surface area contributed by atoms with Crippen molar-refractivity contribution in [3.8, 4) is 11.3 Å². The first-order valence-electron chi connectivity index (χ1n) is 6.20. The second kappa shape index (κ2) is 5.93. The molecule has 0 amide bonds. The summed E-state index contributed by atoms with van der Waals surface area (Å²) in [5.41, 5.74) is -0.113. The van der Waals surface area contributed by atoms with Gasteiger partial charge in [-0.15, -0.1) is 11.3 Å². The van der Waals surface area contributed by atoms with Crippen LogP contribution in [0, 0.1) is 0 Å². The fourth-order valence-corrected chi connectivity index (χ4v) is 2.86. The van der Waals surface area contributed by atoms with E-state index < -0.39 is 11.7 Å². The molecule has 20 heavy (non-hydrogen) atoms. The molecule has 0 aliphatic heterocycles. The average Bonchev–Trinajstić information content (AvgIpc) is 2.87. The van der Waals surface area contributed by atoms with Crippen LogP contribution in [-0.2, 0) is 6.18 Å². The van der Waals surface area contributed by atoms with Crippen LogP contribution in [0.4, 0.5) is 13.2 Å². The molecule has 2 rings (SSSR count). The molecule has 0 spiro atoms. The third kappa shape index (κ3) is 3.19. The van der Waals surface area contributed by atoms with E-state index in [0.29, 0.717) is 5.69 Å². The van der Waals surface area contributed by atoms with Gasteiger partial charge in [-0.05, 0) is 13.1 Å². The number of rotatable bonds is 4. The van der Waals surface area contributed by atoms with Crippen LogP contribution in [0.2, 0.25) is 0 Å². The molecule has 1 aromatic carbocycles. The molecule has 0 aliphatic carbocycles. The number of aromatic nitrogens is 1. The molecule has 1 unspecified atom stereocenters. The topological polar surface area (TPSA) is 24.9 Å². The van der Waals surface area contributed by atoms with Crippen LogP contribution in [0.5, 0.6) is 0 Å². The monoisotopic (exact) mass is 300 g/mol. The number of halogens is 3. The van der Waals surface area contributed by atoms with Gasteiger partial charge in [-0.2, -0.15) is 13.2 Å². The Labute approximate surface area is 119 Å². The van der Waals surface area contributed by atoms with Gasteiger partial charge in [-0.1, -0.05) is 25.1 Å². The predicted octanol–water partition coefficient (Wildman–Crippen LogP) is 4.15. The van der Waals surface area contributed by atoms with Crippen molar-refractivity contribution in [3.63, 3.8) is 0 Å². The number of likely N-dealkylation sites (N-methyl/N-ethyl adjacent to an activating group) is 1. The maximum atomic E-state index is 13.0. The van der Waals surface area contributed by atoms with Crippen molar-refractivity contribution in [2.45, 2.75) is 19.0 Å². The summed E-state index contributed by atoms with van der Waals surface area (Å²) in [6, 6.07) is 5.54. The molecule has 1 N–H and O–H groups in total. The van der Waals surface area contributed by atoms with Crippen molar-refractivity contribution in [3.05, 3.63) is 40.2 Å². The normalized spacial score (nSPS) is 13.4. The van der Waals surface area contributed by atoms with E-state index in [-0.39, 0.29) is 11.5 Å². The molecule has 2 aromatic rings. The number of nitrogens with one attached hydrogen (secondary N) is 1. The Morgan fingerprint density at radius 3 is 2.65 bits per heavy atom. The Kier molecular flexibility index (Phi) is 4.45. The van der Waals surface area contributed by atoms with Crippen molar-refractivity contribution in [1.29, 1.82) is 0 Å². The van der Waals surface area contributed by atoms with Crippen LogP contribution < -0.4 is 5.32 Å². The lowest BCUT2D eigenvalue weighted by Crippen LogP contribution is -2.14. The van der Waals surface area contributed by atoms with Gasteiger partial charge >= 0.3 is 6.18 Å². The fourth-order valence-electron chi connectivity index (χ4n) is 1.98. The minimum atomic E-state index is -4.36. The molecule has 1 atom stereocenters. The van der Waals surface area contributed by atoms with Crippen LogP contribution in [0.3, 0.4) is 0 Å². The summed E-state index contributed by atoms with van der Waals surface area (Å²) in [6.07, 6.45) is -4.36. The van der Waals surface area contributed by atoms with Gasteiger partial charge in [0.1, 0.15) is 0 Å². The molecule has 0 bridgehead atoms. The maximum Gasteiger partial charge on any atom is 0.417 e. The highest BCUT2D eigenvalue weighted by Crippen LogP contribution is 2.37. The predicted molar refractivity (Wildman–Crippen MR) is 74.9 cm³/mol. The Morgan fingerprint density at radius 2 is 2.00 bits per heavy atom. The lowest BCUT2D eigenvalue weighted by molar-refractivity contribution is -0.137. The second-order valence-electron chi connectivity index (χ2n) is 4.57. The summed E-state index contributed by atoms with van der Waals surface area (Å²) in [7, 11) is 1.84. The van der Waals surface area contributed by atoms with E-state index in [2.05, 4.69) is 10.3 Å². The van der Waals surface area contributed by atoms with Crippen LogP contribution in [-0.4, -0.2) is 18.6 Å². The highest BCUT2D eigenvalue weighted by Gasteiger charge is 2.33. The first-order chi connectivity index (χ1) is 9.43. The van der Waals surface area contributed by atoms with Gasteiger partial charge in [0.15, 0.2) is 0 Å². The first kappa shape index (κ1) is 15.0. The Morgan fingerprint density at radius 1 is 1.30 bits per heavy atom. The van der Waals surface area contributed by atoms with Crippen LogP contribution in [0.15, 0.2) is 29.6 Å². The molecule has 2 nitrogen and oxygen atoms in total. The summed E-state index contributed by atoms with van der Waals surface area (Å²) in [5, 5.41) is 5.56. The third-order valence-electron chi connectivity index (χ3n) is 2.96. The van der Waals surface area contributed by atoms with Crippen LogP contribution in [0.1, 0.15) is 23.4 Å². The van der Waals surface area contributed by atoms with Gasteiger partial charge < -0.3 is 5.32 Å². The molecule has 0 saturated heterocycles. The lowest BCUT2D eigenvalue weighted by Gasteiger charge is -2.11. The summed E-state index contributed by atoms with van der Waals surface area (Å²) in [5.74, 6) is 0.178. The largest absolute Gasteiger partial charge is 0.417 e. The van der Waals surface area contributed by atoms with E-state index in [1.807, 2.05) is 14.0 Å². The zero-order valence-corrected chi connectivity index (χ0v) is 12.0. The zero-order chi connectivity index (χ0) is 14.8. The van der Waals surface area contributed by atoms with Gasteiger partial charge in [-0.3, -0.25) is 0 Å². The van der Waals surface area contributed by atoms with Gasteiger partial charge in [0.25, 0.3) is 0 Å². The average molecular weight is 300 g/mol. The molecule has 108 valence electrons. The standard InChI is InChI=1S/C14H15F3N2S/c1-9(7-18-2)13-19-12(8-20-13)10-5-3-4-6-11(10)14(15,16)17/h3-6,8-9,18H,7H2,1-2H3. The minimum Gasteiger partial charge on any atom is -0.319 e. The highest BCUT2D eigenvalue weighted by atomic mass is 32.1. The SMILES string of the molecule is CNCC(C)c1nc(-c2ccccc2C(F)(F)F)cs1. The lowest BCUT2D eigenvalue weighted by atomic mass is 10.0. The Balaban J connectivity index is 2.38. The van der Waals surface area contributed by atoms with Crippen molar-refractivity contribution < 1.29 is 13.2 Å². The number of benzene rings is 1. The smallest absolute Gasteiger partial charge is 0.319 e. The van der Waals surface area contributed by atoms with Crippen molar-refractivity contribution >= 4 is 11.3 Å². The van der Waals surface area contributed by atoms with E-state index >= 15 is 0 Å². The molecule has 0 radical (unpaired) electrons. The Bertz CT molecular complexity index is 578. The van der Waals surface area contributed by atoms with Crippen molar-refractivity contribution in [2.75, 3.05) is 13.6 Å². The molecular formula is C14H15F3N2S. The molecule has 0 aliphatic rings. The number of nitrogens with zero attached hydrogens (tertiary/aromatic N) is 1. The van der Waals surface area contributed by atoms with Gasteiger partial charge in [0.05, 0.1) is 16.3 Å². The summed E-state index contributed by atoms with van der Waals surface area (Å²) in [4.78, 5) is 4.35. The fraction of sp³-hybridized carbons (Fsp3) is 0.357. The molecule has 1 aromatic heterocycles. The van der Waals surface area contributed by atoms with E-state index in [1.54, 1.807) is 11.4 Å². The summed E-state index contributed by atoms with van der Waals surface area (Å²) in [6.45, 7) is 2.74. The summed E-state index contributed by atoms with van der Waals surface area (Å²) >= 11 is 1.39.